The number of aromatic nitrogens is 2. The fraction of sp³-hybridized carbons (Fsp3) is 0.0526. The zero-order valence-corrected chi connectivity index (χ0v) is 16.4. The van der Waals surface area contributed by atoms with Gasteiger partial charge in [0.1, 0.15) is 11.1 Å². The molecule has 148 valence electrons. The number of nitrogens with zero attached hydrogens (tertiary/aromatic N) is 4. The van der Waals surface area contributed by atoms with Gasteiger partial charge >= 0.3 is 0 Å². The van der Waals surface area contributed by atoms with Crippen LogP contribution >= 0.6 is 22.9 Å². The number of carbonyl (C=O) groups is 1. The van der Waals surface area contributed by atoms with Crippen molar-refractivity contribution in [2.24, 2.45) is 0 Å². The average molecular weight is 441 g/mol. The highest BCUT2D eigenvalue weighted by Crippen LogP contribution is 2.42. The molecule has 0 aliphatic carbocycles. The van der Waals surface area contributed by atoms with Crippen LogP contribution in [0.5, 0.6) is 0 Å². The molecule has 1 aliphatic rings. The molecule has 9 nitrogen and oxygen atoms in total. The van der Waals surface area contributed by atoms with Gasteiger partial charge < -0.3 is 4.42 Å². The van der Waals surface area contributed by atoms with Crippen LogP contribution in [0.1, 0.15) is 27.7 Å². The second-order valence-electron chi connectivity index (χ2n) is 6.47. The van der Waals surface area contributed by atoms with Crippen molar-refractivity contribution in [3.05, 3.63) is 90.2 Å². The van der Waals surface area contributed by atoms with E-state index in [9.17, 15) is 19.7 Å². The fourth-order valence-corrected chi connectivity index (χ4v) is 4.30. The molecule has 1 atom stereocenters. The van der Waals surface area contributed by atoms with Crippen LogP contribution in [-0.4, -0.2) is 21.0 Å². The predicted molar refractivity (Wildman–Crippen MR) is 109 cm³/mol. The van der Waals surface area contributed by atoms with Crippen LogP contribution in [0.15, 0.2) is 57.2 Å². The minimum absolute atomic E-state index is 0.0745. The van der Waals surface area contributed by atoms with E-state index >= 15 is 0 Å². The van der Waals surface area contributed by atoms with E-state index in [2.05, 4.69) is 10.2 Å². The molecule has 0 unspecified atom stereocenters. The van der Waals surface area contributed by atoms with Crippen LogP contribution in [-0.2, 0) is 0 Å². The lowest BCUT2D eigenvalue weighted by atomic mass is 9.98. The average Bonchev–Trinajstić information content (AvgIpc) is 3.35. The summed E-state index contributed by atoms with van der Waals surface area (Å²) in [6, 6.07) is 9.33. The van der Waals surface area contributed by atoms with Gasteiger partial charge in [-0.15, -0.1) is 10.2 Å². The van der Waals surface area contributed by atoms with Crippen LogP contribution in [0.3, 0.4) is 0 Å². The highest BCUT2D eigenvalue weighted by atomic mass is 35.5. The Morgan fingerprint density at radius 1 is 1.20 bits per heavy atom. The van der Waals surface area contributed by atoms with Crippen molar-refractivity contribution in [1.29, 1.82) is 0 Å². The first-order valence-corrected chi connectivity index (χ1v) is 9.82. The Kier molecular flexibility index (Phi) is 4.12. The summed E-state index contributed by atoms with van der Waals surface area (Å²) in [6.45, 7) is 0. The molecule has 3 heterocycles. The van der Waals surface area contributed by atoms with Gasteiger partial charge in [-0.05, 0) is 23.8 Å². The van der Waals surface area contributed by atoms with E-state index in [1.807, 2.05) is 0 Å². The van der Waals surface area contributed by atoms with Gasteiger partial charge in [0.15, 0.2) is 5.43 Å². The van der Waals surface area contributed by atoms with Crippen molar-refractivity contribution in [2.75, 3.05) is 4.90 Å². The SMILES string of the molecule is O=C1c2oc3ccc(Cl)cc3c(=O)c2[C@H](c2cccc([N+](=O)[O-])c2)N1c1nncs1. The van der Waals surface area contributed by atoms with Crippen molar-refractivity contribution >= 4 is 50.6 Å². The molecule has 30 heavy (non-hydrogen) atoms. The Morgan fingerprint density at radius 3 is 2.77 bits per heavy atom. The molecule has 11 heteroatoms. The van der Waals surface area contributed by atoms with Gasteiger partial charge in [0, 0.05) is 17.2 Å². The molecule has 0 radical (unpaired) electrons. The molecule has 1 amide bonds. The summed E-state index contributed by atoms with van der Waals surface area (Å²) >= 11 is 7.14. The molecule has 0 saturated heterocycles. The minimum atomic E-state index is -0.958. The summed E-state index contributed by atoms with van der Waals surface area (Å²) in [6.07, 6.45) is 0. The normalized spacial score (nSPS) is 15.6. The lowest BCUT2D eigenvalue weighted by Crippen LogP contribution is -2.29. The first-order valence-electron chi connectivity index (χ1n) is 8.56. The molecule has 1 aliphatic heterocycles. The topological polar surface area (TPSA) is 119 Å². The number of amides is 1. The smallest absolute Gasteiger partial charge is 0.297 e. The van der Waals surface area contributed by atoms with Crippen molar-refractivity contribution in [2.45, 2.75) is 6.04 Å². The molecule has 4 aromatic rings. The molecule has 0 N–H and O–H groups in total. The van der Waals surface area contributed by atoms with Crippen molar-refractivity contribution in [3.8, 4) is 0 Å². The quantitative estimate of drug-likeness (QED) is 0.349. The van der Waals surface area contributed by atoms with E-state index in [1.165, 1.54) is 40.7 Å². The lowest BCUT2D eigenvalue weighted by molar-refractivity contribution is -0.384. The summed E-state index contributed by atoms with van der Waals surface area (Å²) in [5, 5.41) is 19.8. The second-order valence-corrected chi connectivity index (χ2v) is 7.71. The standard InChI is InChI=1S/C19H9ClN4O5S/c20-10-4-5-13-12(7-10)16(25)14-15(9-2-1-3-11(6-9)24(27)28)23(18(26)17(14)29-13)19-22-21-8-30-19/h1-8,15H/t15-/m0/s1. The molecule has 0 saturated carbocycles. The molecule has 0 bridgehead atoms. The number of hydrogen-bond donors (Lipinski definition) is 0. The monoisotopic (exact) mass is 440 g/mol. The number of halogens is 1. The molecule has 2 aromatic heterocycles. The van der Waals surface area contributed by atoms with Crippen molar-refractivity contribution < 1.29 is 14.1 Å². The molecular weight excluding hydrogens is 432 g/mol. The van der Waals surface area contributed by atoms with Gasteiger partial charge in [0.05, 0.1) is 21.9 Å². The van der Waals surface area contributed by atoms with E-state index in [4.69, 9.17) is 16.0 Å². The Hall–Kier alpha value is -3.63. The Labute approximate surface area is 176 Å². The fourth-order valence-electron chi connectivity index (χ4n) is 3.54. The highest BCUT2D eigenvalue weighted by molar-refractivity contribution is 7.13. The molecule has 5 rings (SSSR count). The van der Waals surface area contributed by atoms with E-state index in [-0.39, 0.29) is 33.1 Å². The maximum Gasteiger partial charge on any atom is 0.297 e. The maximum absolute atomic E-state index is 13.4. The van der Waals surface area contributed by atoms with E-state index in [1.54, 1.807) is 12.1 Å². The third kappa shape index (κ3) is 2.69. The third-order valence-corrected chi connectivity index (χ3v) is 5.71. The molecule has 2 aromatic carbocycles. The van der Waals surface area contributed by atoms with Crippen LogP contribution in [0.4, 0.5) is 10.8 Å². The molecule has 0 fully saturated rings. The van der Waals surface area contributed by atoms with Gasteiger partial charge in [-0.2, -0.15) is 0 Å². The highest BCUT2D eigenvalue weighted by Gasteiger charge is 2.45. The van der Waals surface area contributed by atoms with Crippen LogP contribution in [0.2, 0.25) is 5.02 Å². The summed E-state index contributed by atoms with van der Waals surface area (Å²) in [5.74, 6) is -0.714. The lowest BCUT2D eigenvalue weighted by Gasteiger charge is -2.21. The number of rotatable bonds is 3. The summed E-state index contributed by atoms with van der Waals surface area (Å²) in [7, 11) is 0. The largest absolute Gasteiger partial charge is 0.450 e. The van der Waals surface area contributed by atoms with Crippen LogP contribution < -0.4 is 10.3 Å². The third-order valence-electron chi connectivity index (χ3n) is 4.78. The number of hydrogen-bond acceptors (Lipinski definition) is 8. The van der Waals surface area contributed by atoms with Crippen molar-refractivity contribution in [3.63, 3.8) is 0 Å². The first-order chi connectivity index (χ1) is 14.5. The van der Waals surface area contributed by atoms with Crippen LogP contribution in [0, 0.1) is 10.1 Å². The molecule has 0 spiro atoms. The van der Waals surface area contributed by atoms with Crippen molar-refractivity contribution in [1.82, 2.24) is 10.2 Å². The van der Waals surface area contributed by atoms with Crippen LogP contribution in [0.25, 0.3) is 11.0 Å². The van der Waals surface area contributed by atoms with E-state index < -0.39 is 22.3 Å². The zero-order chi connectivity index (χ0) is 21.0. The Bertz CT molecular complexity index is 1400. The second kappa shape index (κ2) is 6.71. The van der Waals surface area contributed by atoms with E-state index in [0.29, 0.717) is 10.6 Å². The van der Waals surface area contributed by atoms with E-state index in [0.717, 1.165) is 11.3 Å². The number of non-ortho nitro benzene ring substituents is 1. The minimum Gasteiger partial charge on any atom is -0.450 e. The van der Waals surface area contributed by atoms with Gasteiger partial charge in [-0.1, -0.05) is 35.1 Å². The number of anilines is 1. The van der Waals surface area contributed by atoms with Gasteiger partial charge in [0.25, 0.3) is 11.6 Å². The Balaban J connectivity index is 1.83. The first kappa shape index (κ1) is 18.4. The summed E-state index contributed by atoms with van der Waals surface area (Å²) in [4.78, 5) is 38.6. The molecular formula is C19H9ClN4O5S. The number of benzene rings is 2. The van der Waals surface area contributed by atoms with Gasteiger partial charge in [-0.3, -0.25) is 24.6 Å². The Morgan fingerprint density at radius 2 is 2.03 bits per heavy atom. The number of carbonyl (C=O) groups excluding carboxylic acids is 1. The summed E-state index contributed by atoms with van der Waals surface area (Å²) in [5.41, 5.74) is 1.50. The predicted octanol–water partition coefficient (Wildman–Crippen LogP) is 3.96. The van der Waals surface area contributed by atoms with Gasteiger partial charge in [0.2, 0.25) is 10.9 Å². The van der Waals surface area contributed by atoms with Gasteiger partial charge in [-0.25, -0.2) is 0 Å². The number of nitro benzene ring substituents is 1. The summed E-state index contributed by atoms with van der Waals surface area (Å²) < 4.78 is 5.78. The number of nitro groups is 1. The zero-order valence-electron chi connectivity index (χ0n) is 14.8. The maximum atomic E-state index is 13.4. The number of fused-ring (bicyclic) bond motifs is 2.